The van der Waals surface area contributed by atoms with Crippen molar-refractivity contribution in [2.75, 3.05) is 0 Å². The summed E-state index contributed by atoms with van der Waals surface area (Å²) in [6.45, 7) is 0. The van der Waals surface area contributed by atoms with Crippen molar-refractivity contribution in [3.8, 4) is 0 Å². The first-order valence-electron chi connectivity index (χ1n) is 4.61. The van der Waals surface area contributed by atoms with Gasteiger partial charge in [0.2, 0.25) is 0 Å². The topological polar surface area (TPSA) is 0 Å². The van der Waals surface area contributed by atoms with E-state index in [1.165, 1.54) is 32.6 Å². The van der Waals surface area contributed by atoms with Gasteiger partial charge in [-0.15, -0.1) is 0 Å². The van der Waals surface area contributed by atoms with Crippen molar-refractivity contribution in [2.45, 2.75) is 36.9 Å². The normalized spacial score (nSPS) is 20.2. The Morgan fingerprint density at radius 1 is 1.15 bits per heavy atom. The van der Waals surface area contributed by atoms with Gasteiger partial charge in [0, 0.05) is 0 Å². The van der Waals surface area contributed by atoms with Crippen LogP contribution in [0.4, 0.5) is 12.9 Å². The zero-order chi connectivity index (χ0) is 10.3. The number of hydrogen-bond acceptors (Lipinski definition) is 0. The molecule has 0 aromatic heterocycles. The molecule has 0 bridgehead atoms. The second-order valence-electron chi connectivity index (χ2n) is 3.31. The van der Waals surface area contributed by atoms with Gasteiger partial charge in [0.1, 0.15) is 0 Å². The van der Waals surface area contributed by atoms with Crippen LogP contribution < -0.4 is 0 Å². The molecule has 0 heterocycles. The van der Waals surface area contributed by atoms with Gasteiger partial charge in [-0.2, -0.15) is 0 Å². The van der Waals surface area contributed by atoms with Crippen molar-refractivity contribution in [1.82, 2.24) is 0 Å². The van der Waals surface area contributed by atoms with Gasteiger partial charge < -0.3 is 0 Å². The molecule has 0 aromatic rings. The zero-order valence-electron chi connectivity index (χ0n) is 7.83. The quantitative estimate of drug-likeness (QED) is 0.510. The molecule has 13 heavy (non-hydrogen) atoms. The summed E-state index contributed by atoms with van der Waals surface area (Å²) >= 11 is 4.88. The molecule has 1 aliphatic rings. The van der Waals surface area contributed by atoms with Crippen LogP contribution in [0.15, 0.2) is 0 Å². The first-order valence-corrected chi connectivity index (χ1v) is 7.61. The van der Waals surface area contributed by atoms with Gasteiger partial charge in [0.25, 0.3) is 0 Å². The van der Waals surface area contributed by atoms with Crippen LogP contribution in [0.2, 0.25) is 0.515 Å². The van der Waals surface area contributed by atoms with E-state index < -0.39 is 7.54 Å². The molecule has 0 nitrogen and oxygen atoms in total. The molecular formula is C7H12BBrF3K. The molecule has 0 N–H and O–H groups in total. The molecule has 1 aliphatic carbocycles. The summed E-state index contributed by atoms with van der Waals surface area (Å²) in [5.74, 6) is 0. The van der Waals surface area contributed by atoms with Crippen LogP contribution >= 0.6 is 15.9 Å². The van der Waals surface area contributed by atoms with Crippen molar-refractivity contribution in [2.24, 2.45) is 0 Å². The second kappa shape index (κ2) is 8.16. The Balaban J connectivity index is 0.000000310. The van der Waals surface area contributed by atoms with Crippen LogP contribution in [0, 0.1) is 0 Å². The molecule has 0 spiro atoms. The standard InChI is InChI=1S/C7H12Br.BF3.K/c1-7(8)5-3-2-4-6-7;2-1(3)4;/h1-6H2;;. The van der Waals surface area contributed by atoms with E-state index >= 15 is 0 Å². The van der Waals surface area contributed by atoms with Gasteiger partial charge in [0.05, 0.1) is 0 Å². The zero-order valence-corrected chi connectivity index (χ0v) is 12.5. The molecule has 0 atom stereocenters. The van der Waals surface area contributed by atoms with E-state index in [1.54, 1.807) is 0 Å². The molecule has 1 saturated carbocycles. The minimum absolute atomic E-state index is 0.616. The number of halogens is 4. The van der Waals surface area contributed by atoms with E-state index in [1.807, 2.05) is 0 Å². The summed E-state index contributed by atoms with van der Waals surface area (Å²) in [6, 6.07) is 0. The van der Waals surface area contributed by atoms with Crippen LogP contribution in [-0.2, 0) is 0 Å². The van der Waals surface area contributed by atoms with E-state index in [2.05, 4.69) is 15.9 Å². The third kappa shape index (κ3) is 8.93. The summed E-state index contributed by atoms with van der Waals surface area (Å²) in [6.07, 6.45) is 7.27. The Morgan fingerprint density at radius 3 is 1.77 bits per heavy atom. The van der Waals surface area contributed by atoms with E-state index in [4.69, 9.17) is 0 Å². The summed E-state index contributed by atoms with van der Waals surface area (Å²) in [4.78, 5) is 0. The fourth-order valence-electron chi connectivity index (χ4n) is 1.54. The molecule has 0 radical (unpaired) electrons. The van der Waals surface area contributed by atoms with Crippen LogP contribution in [0.25, 0.3) is 0 Å². The van der Waals surface area contributed by atoms with Crippen LogP contribution in [0.1, 0.15) is 32.1 Å². The molecule has 0 unspecified atom stereocenters. The molecule has 0 amide bonds. The Hall–Kier alpha value is 1.97. The number of hydrogen-bond donors (Lipinski definition) is 0. The first-order chi connectivity index (χ1) is 6.00. The van der Waals surface area contributed by atoms with Crippen LogP contribution in [0.3, 0.4) is 0 Å². The van der Waals surface area contributed by atoms with Gasteiger partial charge in [-0.3, -0.25) is 12.9 Å². The van der Waals surface area contributed by atoms with E-state index in [9.17, 15) is 12.9 Å². The maximum absolute atomic E-state index is 9.67. The molecule has 1 fully saturated rings. The second-order valence-corrected chi connectivity index (χ2v) is 6.10. The van der Waals surface area contributed by atoms with Crippen molar-refractivity contribution in [3.63, 3.8) is 0 Å². The average Bonchev–Trinajstić information content (AvgIpc) is 2.05. The Labute approximate surface area is 120 Å². The van der Waals surface area contributed by atoms with E-state index in [0.29, 0.717) is 4.32 Å². The van der Waals surface area contributed by atoms with Gasteiger partial charge in [-0.25, -0.2) is 0 Å². The van der Waals surface area contributed by atoms with Gasteiger partial charge in [0.15, 0.2) is 0 Å². The third-order valence-electron chi connectivity index (χ3n) is 2.38. The number of alkyl halides is 1. The maximum atomic E-state index is 9.67. The monoisotopic (exact) mass is 282 g/mol. The average molecular weight is 283 g/mol. The summed E-state index contributed by atoms with van der Waals surface area (Å²) < 4.78 is 31.1. The summed E-state index contributed by atoms with van der Waals surface area (Å²) in [7, 11) is -3.67. The Kier molecular flexibility index (Phi) is 9.40. The van der Waals surface area contributed by atoms with Crippen LogP contribution in [-0.4, -0.2) is 60.8 Å². The van der Waals surface area contributed by atoms with Crippen molar-refractivity contribution < 1.29 is 12.9 Å². The van der Waals surface area contributed by atoms with Crippen molar-refractivity contribution in [3.05, 3.63) is 0 Å². The van der Waals surface area contributed by atoms with E-state index in [-0.39, 0.29) is 0 Å². The SMILES string of the molecule is FB(F)F.[K][CH2]C1(Br)CCCCC1. The molecule has 0 aliphatic heterocycles. The fraction of sp³-hybridized carbons (Fsp3) is 1.00. The Bertz CT molecular complexity index is 128. The molecular weight excluding hydrogens is 271 g/mol. The molecule has 6 heteroatoms. The summed E-state index contributed by atoms with van der Waals surface area (Å²) in [5.41, 5.74) is 0. The predicted octanol–water partition coefficient (Wildman–Crippen LogP) is 3.55. The fourth-order valence-corrected chi connectivity index (χ4v) is 3.20. The minimum atomic E-state index is -3.67. The predicted molar refractivity (Wildman–Crippen MR) is 54.4 cm³/mol. The molecule has 0 aromatic carbocycles. The summed E-state index contributed by atoms with van der Waals surface area (Å²) in [5, 5.41) is 0. The van der Waals surface area contributed by atoms with Crippen LogP contribution in [0.5, 0.6) is 0 Å². The van der Waals surface area contributed by atoms with Crippen molar-refractivity contribution >= 4 is 72.4 Å². The number of rotatable bonds is 1. The van der Waals surface area contributed by atoms with E-state index in [0.717, 1.165) is 49.0 Å². The molecule has 1 rings (SSSR count). The van der Waals surface area contributed by atoms with Crippen molar-refractivity contribution in [1.29, 1.82) is 0 Å². The molecule has 0 saturated heterocycles. The van der Waals surface area contributed by atoms with Gasteiger partial charge in [-0.05, 0) is 0 Å². The van der Waals surface area contributed by atoms with Gasteiger partial charge >= 0.3 is 109 Å². The van der Waals surface area contributed by atoms with Gasteiger partial charge in [-0.1, -0.05) is 0 Å². The Morgan fingerprint density at radius 2 is 1.54 bits per heavy atom. The first kappa shape index (κ1) is 15.0. The molecule has 72 valence electrons. The third-order valence-corrected chi connectivity index (χ3v) is 7.47.